The molecule has 0 spiro atoms. The number of hydrogen-bond donors (Lipinski definition) is 1. The highest BCUT2D eigenvalue weighted by atomic mass is 16.5. The molecule has 1 heterocycles. The SMILES string of the molecule is CCC(OC)C(N)c1cccc2ncccc12. The average molecular weight is 230 g/mol. The van der Waals surface area contributed by atoms with Crippen molar-refractivity contribution in [1.29, 1.82) is 0 Å². The van der Waals surface area contributed by atoms with Gasteiger partial charge in [0.1, 0.15) is 0 Å². The van der Waals surface area contributed by atoms with Crippen molar-refractivity contribution in [1.82, 2.24) is 4.98 Å². The number of benzene rings is 1. The molecule has 0 amide bonds. The van der Waals surface area contributed by atoms with E-state index >= 15 is 0 Å². The number of ether oxygens (including phenoxy) is 1. The van der Waals surface area contributed by atoms with Crippen LogP contribution in [-0.2, 0) is 4.74 Å². The van der Waals surface area contributed by atoms with Crippen LogP contribution in [0.25, 0.3) is 10.9 Å². The molecule has 0 radical (unpaired) electrons. The third-order valence-electron chi connectivity index (χ3n) is 3.14. The summed E-state index contributed by atoms with van der Waals surface area (Å²) in [5.41, 5.74) is 8.35. The standard InChI is InChI=1S/C14H18N2O/c1-3-13(17-2)14(15)11-6-4-8-12-10(11)7-5-9-16-12/h4-9,13-14H,3,15H2,1-2H3. The predicted molar refractivity (Wildman–Crippen MR) is 69.8 cm³/mol. The molecular weight excluding hydrogens is 212 g/mol. The van der Waals surface area contributed by atoms with Crippen molar-refractivity contribution in [2.75, 3.05) is 7.11 Å². The summed E-state index contributed by atoms with van der Waals surface area (Å²) >= 11 is 0. The Morgan fingerprint density at radius 3 is 2.82 bits per heavy atom. The van der Waals surface area contributed by atoms with Crippen LogP contribution in [0.4, 0.5) is 0 Å². The molecule has 0 aliphatic rings. The van der Waals surface area contributed by atoms with Gasteiger partial charge in [-0.05, 0) is 24.1 Å². The molecule has 3 heteroatoms. The van der Waals surface area contributed by atoms with E-state index in [-0.39, 0.29) is 12.1 Å². The summed E-state index contributed by atoms with van der Waals surface area (Å²) in [6.07, 6.45) is 2.74. The van der Waals surface area contributed by atoms with Crippen molar-refractivity contribution < 1.29 is 4.74 Å². The van der Waals surface area contributed by atoms with E-state index in [9.17, 15) is 0 Å². The lowest BCUT2D eigenvalue weighted by Crippen LogP contribution is -2.27. The number of methoxy groups -OCH3 is 1. The van der Waals surface area contributed by atoms with Gasteiger partial charge in [0.05, 0.1) is 17.7 Å². The number of pyridine rings is 1. The van der Waals surface area contributed by atoms with Crippen molar-refractivity contribution in [2.45, 2.75) is 25.5 Å². The average Bonchev–Trinajstić information content (AvgIpc) is 2.39. The van der Waals surface area contributed by atoms with Gasteiger partial charge < -0.3 is 10.5 Å². The Labute approximate surface area is 102 Å². The first-order chi connectivity index (χ1) is 8.27. The molecule has 2 unspecified atom stereocenters. The molecule has 2 aromatic rings. The second-order valence-electron chi connectivity index (χ2n) is 4.13. The van der Waals surface area contributed by atoms with Crippen LogP contribution in [0, 0.1) is 0 Å². The number of nitrogens with zero attached hydrogens (tertiary/aromatic N) is 1. The second-order valence-corrected chi connectivity index (χ2v) is 4.13. The molecule has 0 aliphatic carbocycles. The zero-order chi connectivity index (χ0) is 12.3. The van der Waals surface area contributed by atoms with Crippen LogP contribution in [0.3, 0.4) is 0 Å². The third-order valence-corrected chi connectivity index (χ3v) is 3.14. The summed E-state index contributed by atoms with van der Waals surface area (Å²) in [5, 5.41) is 1.11. The van der Waals surface area contributed by atoms with Gasteiger partial charge in [0.2, 0.25) is 0 Å². The van der Waals surface area contributed by atoms with E-state index in [0.717, 1.165) is 22.9 Å². The van der Waals surface area contributed by atoms with Crippen LogP contribution in [0.1, 0.15) is 24.9 Å². The molecule has 1 aromatic carbocycles. The summed E-state index contributed by atoms with van der Waals surface area (Å²) in [6.45, 7) is 2.08. The molecule has 0 bridgehead atoms. The van der Waals surface area contributed by atoms with Gasteiger partial charge in [-0.1, -0.05) is 25.1 Å². The van der Waals surface area contributed by atoms with Crippen molar-refractivity contribution in [2.24, 2.45) is 5.73 Å². The molecule has 0 aliphatic heterocycles. The number of fused-ring (bicyclic) bond motifs is 1. The molecule has 0 saturated carbocycles. The van der Waals surface area contributed by atoms with Gasteiger partial charge in [0, 0.05) is 18.7 Å². The zero-order valence-corrected chi connectivity index (χ0v) is 10.3. The molecule has 2 N–H and O–H groups in total. The van der Waals surface area contributed by atoms with Crippen LogP contribution in [-0.4, -0.2) is 18.2 Å². The number of aromatic nitrogens is 1. The van der Waals surface area contributed by atoms with Crippen LogP contribution in [0.15, 0.2) is 36.5 Å². The lowest BCUT2D eigenvalue weighted by molar-refractivity contribution is 0.0776. The molecule has 17 heavy (non-hydrogen) atoms. The Morgan fingerprint density at radius 2 is 2.12 bits per heavy atom. The van der Waals surface area contributed by atoms with Gasteiger partial charge in [0.15, 0.2) is 0 Å². The van der Waals surface area contributed by atoms with E-state index in [2.05, 4.69) is 24.0 Å². The van der Waals surface area contributed by atoms with Gasteiger partial charge in [-0.25, -0.2) is 0 Å². The minimum atomic E-state index is -0.113. The first-order valence-electron chi connectivity index (χ1n) is 5.90. The molecular formula is C14H18N2O. The third kappa shape index (κ3) is 2.30. The van der Waals surface area contributed by atoms with Crippen LogP contribution in [0.5, 0.6) is 0 Å². The molecule has 3 nitrogen and oxygen atoms in total. The Bertz CT molecular complexity index is 489. The van der Waals surface area contributed by atoms with Crippen molar-refractivity contribution in [3.05, 3.63) is 42.1 Å². The van der Waals surface area contributed by atoms with E-state index in [4.69, 9.17) is 10.5 Å². The molecule has 90 valence electrons. The summed E-state index contributed by atoms with van der Waals surface area (Å²) in [7, 11) is 1.71. The maximum Gasteiger partial charge on any atom is 0.0761 e. The van der Waals surface area contributed by atoms with E-state index < -0.39 is 0 Å². The quantitative estimate of drug-likeness (QED) is 0.878. The first kappa shape index (κ1) is 12.0. The van der Waals surface area contributed by atoms with Gasteiger partial charge in [-0.2, -0.15) is 0 Å². The first-order valence-corrected chi connectivity index (χ1v) is 5.90. The number of nitrogens with two attached hydrogens (primary N) is 1. The maximum atomic E-state index is 6.27. The highest BCUT2D eigenvalue weighted by molar-refractivity contribution is 5.82. The van der Waals surface area contributed by atoms with E-state index in [1.807, 2.05) is 18.2 Å². The lowest BCUT2D eigenvalue weighted by atomic mass is 9.96. The Kier molecular flexibility index (Phi) is 3.71. The fourth-order valence-corrected chi connectivity index (χ4v) is 2.19. The Morgan fingerprint density at radius 1 is 1.29 bits per heavy atom. The minimum Gasteiger partial charge on any atom is -0.379 e. The highest BCUT2D eigenvalue weighted by Gasteiger charge is 2.19. The summed E-state index contributed by atoms with van der Waals surface area (Å²) in [5.74, 6) is 0. The van der Waals surface area contributed by atoms with E-state index in [0.29, 0.717) is 0 Å². The van der Waals surface area contributed by atoms with Crippen LogP contribution < -0.4 is 5.73 Å². The summed E-state index contributed by atoms with van der Waals surface area (Å²) in [6, 6.07) is 9.92. The van der Waals surface area contributed by atoms with E-state index in [1.54, 1.807) is 13.3 Å². The molecule has 1 aromatic heterocycles. The van der Waals surface area contributed by atoms with Gasteiger partial charge in [-0.15, -0.1) is 0 Å². The minimum absolute atomic E-state index is 0.0424. The summed E-state index contributed by atoms with van der Waals surface area (Å²) in [4.78, 5) is 4.34. The smallest absolute Gasteiger partial charge is 0.0761 e. The number of hydrogen-bond acceptors (Lipinski definition) is 3. The van der Waals surface area contributed by atoms with E-state index in [1.165, 1.54) is 0 Å². The Hall–Kier alpha value is -1.45. The summed E-state index contributed by atoms with van der Waals surface area (Å²) < 4.78 is 5.42. The van der Waals surface area contributed by atoms with Crippen molar-refractivity contribution >= 4 is 10.9 Å². The molecule has 0 saturated heterocycles. The Balaban J connectivity index is 2.47. The van der Waals surface area contributed by atoms with Gasteiger partial charge in [0.25, 0.3) is 0 Å². The zero-order valence-electron chi connectivity index (χ0n) is 10.3. The van der Waals surface area contributed by atoms with Crippen molar-refractivity contribution in [3.8, 4) is 0 Å². The topological polar surface area (TPSA) is 48.1 Å². The fourth-order valence-electron chi connectivity index (χ4n) is 2.19. The molecule has 2 atom stereocenters. The monoisotopic (exact) mass is 230 g/mol. The second kappa shape index (κ2) is 5.25. The van der Waals surface area contributed by atoms with Crippen LogP contribution in [0.2, 0.25) is 0 Å². The lowest BCUT2D eigenvalue weighted by Gasteiger charge is -2.22. The maximum absolute atomic E-state index is 6.27. The van der Waals surface area contributed by atoms with Gasteiger partial charge in [-0.3, -0.25) is 4.98 Å². The van der Waals surface area contributed by atoms with Crippen molar-refractivity contribution in [3.63, 3.8) is 0 Å². The van der Waals surface area contributed by atoms with Crippen LogP contribution >= 0.6 is 0 Å². The number of rotatable bonds is 4. The molecule has 2 rings (SSSR count). The fraction of sp³-hybridized carbons (Fsp3) is 0.357. The van der Waals surface area contributed by atoms with Gasteiger partial charge >= 0.3 is 0 Å². The largest absolute Gasteiger partial charge is 0.379 e. The normalized spacial score (nSPS) is 14.8. The molecule has 0 fully saturated rings. The highest BCUT2D eigenvalue weighted by Crippen LogP contribution is 2.25. The predicted octanol–water partition coefficient (Wildman–Crippen LogP) is 2.66.